The lowest BCUT2D eigenvalue weighted by Crippen LogP contribution is -1.96. The highest BCUT2D eigenvalue weighted by atomic mass is 16.5. The van der Waals surface area contributed by atoms with Gasteiger partial charge in [-0.15, -0.1) is 0 Å². The average Bonchev–Trinajstić information content (AvgIpc) is 2.68. The minimum atomic E-state index is 0.243. The molecule has 7 nitrogen and oxygen atoms in total. The van der Waals surface area contributed by atoms with Crippen molar-refractivity contribution in [2.75, 3.05) is 12.8 Å². The summed E-state index contributed by atoms with van der Waals surface area (Å²) in [5.41, 5.74) is 5.98. The van der Waals surface area contributed by atoms with Crippen molar-refractivity contribution in [3.05, 3.63) is 18.2 Å². The lowest BCUT2D eigenvalue weighted by atomic mass is 10.4. The molecule has 2 aromatic rings. The largest absolute Gasteiger partial charge is 0.382 e. The SMILES string of the molecule is COCc1noc(-c2nccnc2N)n1. The number of hydrogen-bond acceptors (Lipinski definition) is 7. The maximum absolute atomic E-state index is 5.60. The van der Waals surface area contributed by atoms with E-state index in [1.807, 2.05) is 0 Å². The van der Waals surface area contributed by atoms with Gasteiger partial charge in [-0.25, -0.2) is 9.97 Å². The van der Waals surface area contributed by atoms with Crippen LogP contribution in [0.2, 0.25) is 0 Å². The summed E-state index contributed by atoms with van der Waals surface area (Å²) in [6, 6.07) is 0. The van der Waals surface area contributed by atoms with Gasteiger partial charge in [0.15, 0.2) is 17.3 Å². The third kappa shape index (κ3) is 1.91. The number of anilines is 1. The molecule has 0 spiro atoms. The van der Waals surface area contributed by atoms with Crippen LogP contribution in [0.3, 0.4) is 0 Å². The highest BCUT2D eigenvalue weighted by Crippen LogP contribution is 2.18. The van der Waals surface area contributed by atoms with Crippen LogP contribution >= 0.6 is 0 Å². The number of methoxy groups -OCH3 is 1. The molecule has 0 atom stereocenters. The average molecular weight is 207 g/mol. The van der Waals surface area contributed by atoms with Crippen LogP contribution in [0, 0.1) is 0 Å². The minimum absolute atomic E-state index is 0.243. The normalized spacial score (nSPS) is 10.5. The minimum Gasteiger partial charge on any atom is -0.382 e. The Kier molecular flexibility index (Phi) is 2.55. The van der Waals surface area contributed by atoms with Crippen molar-refractivity contribution >= 4 is 5.82 Å². The van der Waals surface area contributed by atoms with Crippen molar-refractivity contribution in [2.45, 2.75) is 6.61 Å². The fourth-order valence-electron chi connectivity index (χ4n) is 1.05. The summed E-state index contributed by atoms with van der Waals surface area (Å²) >= 11 is 0. The van der Waals surface area contributed by atoms with E-state index in [1.165, 1.54) is 12.4 Å². The summed E-state index contributed by atoms with van der Waals surface area (Å²) in [7, 11) is 1.55. The smallest absolute Gasteiger partial charge is 0.280 e. The van der Waals surface area contributed by atoms with E-state index in [1.54, 1.807) is 7.11 Å². The van der Waals surface area contributed by atoms with Crippen LogP contribution in [0.1, 0.15) is 5.82 Å². The van der Waals surface area contributed by atoms with Gasteiger partial charge in [0.05, 0.1) is 0 Å². The number of hydrogen-bond donors (Lipinski definition) is 1. The third-order valence-electron chi connectivity index (χ3n) is 1.67. The molecule has 0 aliphatic rings. The molecule has 0 bridgehead atoms. The maximum atomic E-state index is 5.60. The van der Waals surface area contributed by atoms with Crippen molar-refractivity contribution in [3.63, 3.8) is 0 Å². The first-order valence-electron chi connectivity index (χ1n) is 4.19. The second-order valence-electron chi connectivity index (χ2n) is 2.74. The summed E-state index contributed by atoms with van der Waals surface area (Å²) < 4.78 is 9.82. The van der Waals surface area contributed by atoms with Crippen LogP contribution in [-0.2, 0) is 11.3 Å². The Morgan fingerprint density at radius 1 is 1.40 bits per heavy atom. The van der Waals surface area contributed by atoms with E-state index in [4.69, 9.17) is 15.0 Å². The number of nitrogens with zero attached hydrogens (tertiary/aromatic N) is 4. The molecule has 0 amide bonds. The predicted octanol–water partition coefficient (Wildman–Crippen LogP) is 0.255. The number of nitrogens with two attached hydrogens (primary N) is 1. The lowest BCUT2D eigenvalue weighted by molar-refractivity contribution is 0.174. The zero-order valence-electron chi connectivity index (χ0n) is 8.04. The molecule has 0 aliphatic heterocycles. The number of aromatic nitrogens is 4. The topological polar surface area (TPSA) is 100.0 Å². The van der Waals surface area contributed by atoms with Gasteiger partial charge in [0.25, 0.3) is 5.89 Å². The first-order chi connectivity index (χ1) is 7.31. The summed E-state index contributed by atoms with van der Waals surface area (Å²) in [6.07, 6.45) is 3.00. The molecular formula is C8H9N5O2. The van der Waals surface area contributed by atoms with Gasteiger partial charge in [0.2, 0.25) is 0 Å². The van der Waals surface area contributed by atoms with Gasteiger partial charge in [-0.05, 0) is 0 Å². The van der Waals surface area contributed by atoms with Crippen molar-refractivity contribution in [1.29, 1.82) is 0 Å². The molecule has 2 N–H and O–H groups in total. The zero-order chi connectivity index (χ0) is 10.7. The zero-order valence-corrected chi connectivity index (χ0v) is 8.04. The Hall–Kier alpha value is -2.02. The first kappa shape index (κ1) is 9.53. The molecule has 15 heavy (non-hydrogen) atoms. The number of rotatable bonds is 3. The second kappa shape index (κ2) is 4.01. The molecule has 0 unspecified atom stereocenters. The fraction of sp³-hybridized carbons (Fsp3) is 0.250. The van der Waals surface area contributed by atoms with Gasteiger partial charge in [-0.1, -0.05) is 5.16 Å². The van der Waals surface area contributed by atoms with Crippen molar-refractivity contribution in [3.8, 4) is 11.6 Å². The molecule has 0 aliphatic carbocycles. The Morgan fingerprint density at radius 2 is 2.20 bits per heavy atom. The second-order valence-corrected chi connectivity index (χ2v) is 2.74. The molecular weight excluding hydrogens is 198 g/mol. The standard InChI is InChI=1S/C8H9N5O2/c1-14-4-5-12-8(15-13-5)6-7(9)11-3-2-10-6/h2-3H,4H2,1H3,(H2,9,11). The highest BCUT2D eigenvalue weighted by Gasteiger charge is 2.13. The first-order valence-corrected chi connectivity index (χ1v) is 4.19. The molecule has 2 rings (SSSR count). The quantitative estimate of drug-likeness (QED) is 0.770. The molecule has 2 aromatic heterocycles. The molecule has 0 fully saturated rings. The van der Waals surface area contributed by atoms with Crippen molar-refractivity contribution in [1.82, 2.24) is 20.1 Å². The van der Waals surface area contributed by atoms with Gasteiger partial charge in [0.1, 0.15) is 6.61 Å². The van der Waals surface area contributed by atoms with E-state index in [2.05, 4.69) is 20.1 Å². The van der Waals surface area contributed by atoms with E-state index in [0.717, 1.165) is 0 Å². The molecule has 2 heterocycles. The van der Waals surface area contributed by atoms with Gasteiger partial charge >= 0.3 is 0 Å². The van der Waals surface area contributed by atoms with Crippen molar-refractivity contribution in [2.24, 2.45) is 0 Å². The molecule has 0 aromatic carbocycles. The van der Waals surface area contributed by atoms with E-state index >= 15 is 0 Å². The number of nitrogen functional groups attached to an aromatic ring is 1. The van der Waals surface area contributed by atoms with Crippen LogP contribution in [0.4, 0.5) is 5.82 Å². The number of ether oxygens (including phenoxy) is 1. The van der Waals surface area contributed by atoms with Gasteiger partial charge in [-0.2, -0.15) is 4.98 Å². The monoisotopic (exact) mass is 207 g/mol. The summed E-state index contributed by atoms with van der Waals surface area (Å²) in [4.78, 5) is 11.9. The summed E-state index contributed by atoms with van der Waals surface area (Å²) in [6.45, 7) is 0.281. The Balaban J connectivity index is 2.33. The van der Waals surface area contributed by atoms with Crippen LogP contribution in [0.5, 0.6) is 0 Å². The van der Waals surface area contributed by atoms with E-state index < -0.39 is 0 Å². The van der Waals surface area contributed by atoms with Crippen LogP contribution in [0.25, 0.3) is 11.6 Å². The van der Waals surface area contributed by atoms with Gasteiger partial charge < -0.3 is 15.0 Å². The van der Waals surface area contributed by atoms with E-state index in [9.17, 15) is 0 Å². The van der Waals surface area contributed by atoms with Gasteiger partial charge in [0, 0.05) is 19.5 Å². The molecule has 0 radical (unpaired) electrons. The maximum Gasteiger partial charge on any atom is 0.280 e. The van der Waals surface area contributed by atoms with Crippen LogP contribution in [-0.4, -0.2) is 27.2 Å². The molecule has 78 valence electrons. The Morgan fingerprint density at radius 3 is 2.93 bits per heavy atom. The van der Waals surface area contributed by atoms with Crippen LogP contribution in [0.15, 0.2) is 16.9 Å². The van der Waals surface area contributed by atoms with E-state index in [0.29, 0.717) is 11.5 Å². The third-order valence-corrected chi connectivity index (χ3v) is 1.67. The predicted molar refractivity (Wildman–Crippen MR) is 50.4 cm³/mol. The Bertz CT molecular complexity index is 456. The molecule has 7 heteroatoms. The van der Waals surface area contributed by atoms with Crippen LogP contribution < -0.4 is 5.73 Å². The van der Waals surface area contributed by atoms with E-state index in [-0.39, 0.29) is 18.3 Å². The summed E-state index contributed by atoms with van der Waals surface area (Å²) in [5.74, 6) is 0.940. The fourth-order valence-corrected chi connectivity index (χ4v) is 1.05. The van der Waals surface area contributed by atoms with Crippen molar-refractivity contribution < 1.29 is 9.26 Å². The van der Waals surface area contributed by atoms with Gasteiger partial charge in [-0.3, -0.25) is 0 Å². The highest BCUT2D eigenvalue weighted by molar-refractivity contribution is 5.61. The Labute approximate surface area is 85.3 Å². The summed E-state index contributed by atoms with van der Waals surface area (Å²) in [5, 5.41) is 3.69. The molecule has 0 saturated carbocycles. The lowest BCUT2D eigenvalue weighted by Gasteiger charge is -1.95. The molecule has 0 saturated heterocycles.